The molecule has 5 nitrogen and oxygen atoms in total. The second kappa shape index (κ2) is 8.35. The third kappa shape index (κ3) is 4.75. The average Bonchev–Trinajstić information content (AvgIpc) is 3.35. The first kappa shape index (κ1) is 21.4. The Morgan fingerprint density at radius 3 is 2.61 bits per heavy atom. The molecule has 0 spiro atoms. The van der Waals surface area contributed by atoms with Crippen molar-refractivity contribution in [2.45, 2.75) is 6.18 Å². The Labute approximate surface area is 190 Å². The van der Waals surface area contributed by atoms with Crippen molar-refractivity contribution in [3.05, 3.63) is 80.6 Å². The number of amides is 1. The fourth-order valence-electron chi connectivity index (χ4n) is 2.82. The van der Waals surface area contributed by atoms with Crippen LogP contribution >= 0.6 is 31.9 Å². The molecule has 2 aromatic heterocycles. The van der Waals surface area contributed by atoms with E-state index in [1.54, 1.807) is 12.1 Å². The molecular formula is C21H11Br2F3N2O3. The number of nitrogens with one attached hydrogen (secondary N) is 1. The number of halogens is 5. The first-order valence-corrected chi connectivity index (χ1v) is 10.3. The number of furan rings is 2. The van der Waals surface area contributed by atoms with Crippen LogP contribution in [0.3, 0.4) is 0 Å². The number of nitrogens with zero attached hydrogens (tertiary/aromatic N) is 1. The van der Waals surface area contributed by atoms with Gasteiger partial charge in [-0.25, -0.2) is 5.43 Å². The quantitative estimate of drug-likeness (QED) is 0.218. The predicted molar refractivity (Wildman–Crippen MR) is 116 cm³/mol. The number of alkyl halides is 3. The highest BCUT2D eigenvalue weighted by molar-refractivity contribution is 9.11. The van der Waals surface area contributed by atoms with Crippen molar-refractivity contribution in [2.24, 2.45) is 5.10 Å². The Kier molecular flexibility index (Phi) is 5.76. The maximum absolute atomic E-state index is 12.9. The molecule has 0 aliphatic rings. The van der Waals surface area contributed by atoms with Gasteiger partial charge in [-0.15, -0.1) is 0 Å². The highest BCUT2D eigenvalue weighted by Crippen LogP contribution is 2.33. The molecule has 31 heavy (non-hydrogen) atoms. The second-order valence-electron chi connectivity index (χ2n) is 6.40. The van der Waals surface area contributed by atoms with E-state index in [1.165, 1.54) is 30.5 Å². The van der Waals surface area contributed by atoms with E-state index in [-0.39, 0.29) is 22.8 Å². The minimum Gasteiger partial charge on any atom is -0.455 e. The van der Waals surface area contributed by atoms with Crippen LogP contribution in [0, 0.1) is 0 Å². The van der Waals surface area contributed by atoms with Crippen LogP contribution in [0.1, 0.15) is 21.9 Å². The lowest BCUT2D eigenvalue weighted by Gasteiger charge is -2.07. The summed E-state index contributed by atoms with van der Waals surface area (Å²) in [4.78, 5) is 12.3. The van der Waals surface area contributed by atoms with Gasteiger partial charge in [0.25, 0.3) is 0 Å². The van der Waals surface area contributed by atoms with Gasteiger partial charge in [0.2, 0.25) is 0 Å². The molecule has 1 N–H and O–H groups in total. The van der Waals surface area contributed by atoms with E-state index in [0.29, 0.717) is 10.1 Å². The summed E-state index contributed by atoms with van der Waals surface area (Å²) in [6, 6.07) is 13.0. The number of fused-ring (bicyclic) bond motifs is 1. The molecule has 0 unspecified atom stereocenters. The molecule has 0 aliphatic heterocycles. The topological polar surface area (TPSA) is 67.7 Å². The highest BCUT2D eigenvalue weighted by Gasteiger charge is 2.30. The zero-order valence-electron chi connectivity index (χ0n) is 15.3. The van der Waals surface area contributed by atoms with Crippen LogP contribution in [-0.4, -0.2) is 12.1 Å². The van der Waals surface area contributed by atoms with Crippen LogP contribution in [-0.2, 0) is 6.18 Å². The van der Waals surface area contributed by atoms with Gasteiger partial charge in [0.15, 0.2) is 5.76 Å². The summed E-state index contributed by atoms with van der Waals surface area (Å²) >= 11 is 6.74. The zero-order valence-corrected chi connectivity index (χ0v) is 18.5. The minimum absolute atomic E-state index is 0.0649. The van der Waals surface area contributed by atoms with Crippen molar-refractivity contribution in [2.75, 3.05) is 0 Å². The Morgan fingerprint density at radius 1 is 1.03 bits per heavy atom. The second-order valence-corrected chi connectivity index (χ2v) is 8.17. The SMILES string of the molecule is O=C(N/N=C\c1ccc(-c2cccc(C(F)(F)F)c2)o1)c1cc2cc(Br)cc(Br)c2o1. The van der Waals surface area contributed by atoms with Crippen LogP contribution in [0.5, 0.6) is 0 Å². The average molecular weight is 556 g/mol. The lowest BCUT2D eigenvalue weighted by Crippen LogP contribution is -2.16. The van der Waals surface area contributed by atoms with E-state index in [1.807, 2.05) is 6.07 Å². The zero-order chi connectivity index (χ0) is 22.2. The van der Waals surface area contributed by atoms with E-state index in [0.717, 1.165) is 22.0 Å². The third-order valence-corrected chi connectivity index (χ3v) is 5.27. The summed E-state index contributed by atoms with van der Waals surface area (Å²) in [6.07, 6.45) is -3.20. The van der Waals surface area contributed by atoms with Crippen molar-refractivity contribution in [3.8, 4) is 11.3 Å². The van der Waals surface area contributed by atoms with Crippen molar-refractivity contribution < 1.29 is 26.8 Å². The molecular weight excluding hydrogens is 545 g/mol. The maximum Gasteiger partial charge on any atom is 0.416 e. The molecule has 4 rings (SSSR count). The van der Waals surface area contributed by atoms with E-state index < -0.39 is 17.6 Å². The summed E-state index contributed by atoms with van der Waals surface area (Å²) in [6.45, 7) is 0. The third-order valence-electron chi connectivity index (χ3n) is 4.22. The smallest absolute Gasteiger partial charge is 0.416 e. The molecule has 2 aromatic carbocycles. The van der Waals surface area contributed by atoms with Crippen LogP contribution < -0.4 is 5.43 Å². The van der Waals surface area contributed by atoms with Gasteiger partial charge in [0, 0.05) is 15.4 Å². The van der Waals surface area contributed by atoms with E-state index in [9.17, 15) is 18.0 Å². The number of hydrogen-bond acceptors (Lipinski definition) is 4. The van der Waals surface area contributed by atoms with Crippen molar-refractivity contribution in [3.63, 3.8) is 0 Å². The molecule has 0 aliphatic carbocycles. The first-order valence-electron chi connectivity index (χ1n) is 8.70. The molecule has 4 aromatic rings. The maximum atomic E-state index is 12.9. The number of carbonyl (C=O) groups is 1. The summed E-state index contributed by atoms with van der Waals surface area (Å²) in [5.41, 5.74) is 2.35. The van der Waals surface area contributed by atoms with Crippen molar-refractivity contribution in [1.29, 1.82) is 0 Å². The summed E-state index contributed by atoms with van der Waals surface area (Å²) in [5, 5.41) is 4.54. The van der Waals surface area contributed by atoms with Gasteiger partial charge >= 0.3 is 12.1 Å². The Morgan fingerprint density at radius 2 is 1.84 bits per heavy atom. The molecule has 158 valence electrons. The molecule has 0 atom stereocenters. The molecule has 10 heteroatoms. The molecule has 0 saturated heterocycles. The van der Waals surface area contributed by atoms with Gasteiger partial charge in [0.05, 0.1) is 16.3 Å². The fourth-order valence-corrected chi connectivity index (χ4v) is 4.16. The largest absolute Gasteiger partial charge is 0.455 e. The number of hydrazone groups is 1. The Balaban J connectivity index is 1.46. The number of hydrogen-bond donors (Lipinski definition) is 1. The van der Waals surface area contributed by atoms with Gasteiger partial charge < -0.3 is 8.83 Å². The van der Waals surface area contributed by atoms with Gasteiger partial charge in [-0.05, 0) is 58.4 Å². The van der Waals surface area contributed by atoms with Crippen molar-refractivity contribution in [1.82, 2.24) is 5.43 Å². The highest BCUT2D eigenvalue weighted by atomic mass is 79.9. The van der Waals surface area contributed by atoms with E-state index >= 15 is 0 Å². The Bertz CT molecular complexity index is 1310. The first-order chi connectivity index (χ1) is 14.7. The minimum atomic E-state index is -4.44. The summed E-state index contributed by atoms with van der Waals surface area (Å²) in [7, 11) is 0. The van der Waals surface area contributed by atoms with Gasteiger partial charge in [-0.1, -0.05) is 28.1 Å². The predicted octanol–water partition coefficient (Wildman–Crippen LogP) is 7.00. The Hall–Kier alpha value is -2.85. The molecule has 0 fully saturated rings. The normalized spacial score (nSPS) is 12.0. The van der Waals surface area contributed by atoms with Crippen LogP contribution in [0.25, 0.3) is 22.3 Å². The standard InChI is InChI=1S/C21H11Br2F3N2O3/c22-14-7-12-8-18(31-19(12)16(23)9-14)20(29)28-27-10-15-4-5-17(30-15)11-2-1-3-13(6-11)21(24,25)26/h1-10H,(H,28,29)/b27-10-. The van der Waals surface area contributed by atoms with Crippen LogP contribution in [0.4, 0.5) is 13.2 Å². The monoisotopic (exact) mass is 554 g/mol. The van der Waals surface area contributed by atoms with Crippen molar-refractivity contribution >= 4 is 55.0 Å². The summed E-state index contributed by atoms with van der Waals surface area (Å²) in [5.74, 6) is -0.00856. The van der Waals surface area contributed by atoms with Gasteiger partial charge in [-0.3, -0.25) is 4.79 Å². The molecule has 0 saturated carbocycles. The van der Waals surface area contributed by atoms with Gasteiger partial charge in [0.1, 0.15) is 17.1 Å². The van der Waals surface area contributed by atoms with Gasteiger partial charge in [-0.2, -0.15) is 18.3 Å². The number of benzene rings is 2. The van der Waals surface area contributed by atoms with E-state index in [4.69, 9.17) is 8.83 Å². The van der Waals surface area contributed by atoms with Crippen LogP contribution in [0.15, 0.2) is 77.5 Å². The molecule has 1 amide bonds. The fraction of sp³-hybridized carbons (Fsp3) is 0.0476. The van der Waals surface area contributed by atoms with E-state index in [2.05, 4.69) is 42.4 Å². The van der Waals surface area contributed by atoms with Crippen LogP contribution in [0.2, 0.25) is 0 Å². The molecule has 0 radical (unpaired) electrons. The lowest BCUT2D eigenvalue weighted by atomic mass is 10.1. The number of rotatable bonds is 4. The molecule has 0 bridgehead atoms. The number of carbonyl (C=O) groups excluding carboxylic acids is 1. The summed E-state index contributed by atoms with van der Waals surface area (Å²) < 4.78 is 51.2. The molecule has 2 heterocycles. The lowest BCUT2D eigenvalue weighted by molar-refractivity contribution is -0.137.